The van der Waals surface area contributed by atoms with Crippen LogP contribution in [0.2, 0.25) is 0 Å². The molecule has 1 fully saturated rings. The summed E-state index contributed by atoms with van der Waals surface area (Å²) in [6.45, 7) is 3.92. The molecular formula is C17H10Br2FN3O2. The molecule has 5 nitrogen and oxygen atoms in total. The number of carbonyl (C=O) groups excluding carboxylic acids is 1. The van der Waals surface area contributed by atoms with Crippen LogP contribution >= 0.6 is 31.9 Å². The van der Waals surface area contributed by atoms with Gasteiger partial charge in [-0.3, -0.25) is 9.20 Å². The van der Waals surface area contributed by atoms with Crippen LogP contribution in [0.5, 0.6) is 5.75 Å². The van der Waals surface area contributed by atoms with Crippen molar-refractivity contribution >= 4 is 43.4 Å². The highest BCUT2D eigenvalue weighted by Gasteiger charge is 2.37. The molecule has 126 valence electrons. The number of hydrogen-bond donors (Lipinski definition) is 1. The van der Waals surface area contributed by atoms with E-state index in [1.165, 1.54) is 22.7 Å². The van der Waals surface area contributed by atoms with Crippen molar-refractivity contribution in [3.8, 4) is 5.75 Å². The van der Waals surface area contributed by atoms with Crippen molar-refractivity contribution in [2.75, 3.05) is 0 Å². The molecule has 8 heteroatoms. The number of imidazole rings is 1. The molecule has 0 spiro atoms. The molecule has 1 aliphatic carbocycles. The van der Waals surface area contributed by atoms with Gasteiger partial charge in [-0.05, 0) is 50.4 Å². The van der Waals surface area contributed by atoms with Crippen molar-refractivity contribution in [1.29, 1.82) is 0 Å². The highest BCUT2D eigenvalue weighted by atomic mass is 79.9. The Hall–Kier alpha value is -2.06. The van der Waals surface area contributed by atoms with Gasteiger partial charge in [0.1, 0.15) is 11.4 Å². The molecule has 1 aliphatic rings. The summed E-state index contributed by atoms with van der Waals surface area (Å²) in [7, 11) is 0. The summed E-state index contributed by atoms with van der Waals surface area (Å²) in [5, 5.41) is 9.85. The van der Waals surface area contributed by atoms with Crippen LogP contribution in [0.15, 0.2) is 45.6 Å². The Morgan fingerprint density at radius 2 is 2.00 bits per heavy atom. The predicted molar refractivity (Wildman–Crippen MR) is 96.4 cm³/mol. The Balaban J connectivity index is 1.94. The van der Waals surface area contributed by atoms with Crippen molar-refractivity contribution in [3.05, 3.63) is 68.4 Å². The molecule has 3 aromatic rings. The molecule has 2 heterocycles. The lowest BCUT2D eigenvalue weighted by atomic mass is 10.0. The highest BCUT2D eigenvalue weighted by Crippen LogP contribution is 2.46. The Morgan fingerprint density at radius 1 is 1.36 bits per heavy atom. The average molecular weight is 467 g/mol. The smallest absolute Gasteiger partial charge is 0.234 e. The molecule has 0 bridgehead atoms. The van der Waals surface area contributed by atoms with E-state index < -0.39 is 5.82 Å². The molecule has 0 aliphatic heterocycles. The molecule has 1 saturated carbocycles. The molecule has 1 atom stereocenters. The van der Waals surface area contributed by atoms with E-state index in [2.05, 4.69) is 48.4 Å². The first-order chi connectivity index (χ1) is 11.9. The molecular weight excluding hydrogens is 457 g/mol. The van der Waals surface area contributed by atoms with E-state index in [-0.39, 0.29) is 28.9 Å². The minimum Gasteiger partial charge on any atom is -0.506 e. The van der Waals surface area contributed by atoms with Crippen molar-refractivity contribution in [3.63, 3.8) is 0 Å². The Bertz CT molecular complexity index is 1050. The summed E-state index contributed by atoms with van der Waals surface area (Å²) in [4.78, 5) is 21.5. The fraction of sp³-hybridized carbons (Fsp3) is 0.118. The lowest BCUT2D eigenvalue weighted by Crippen LogP contribution is -2.09. The normalized spacial score (nSPS) is 16.4. The van der Waals surface area contributed by atoms with Gasteiger partial charge in [0.25, 0.3) is 0 Å². The van der Waals surface area contributed by atoms with E-state index in [0.717, 1.165) is 18.2 Å². The van der Waals surface area contributed by atoms with Crippen molar-refractivity contribution in [2.24, 2.45) is 0 Å². The van der Waals surface area contributed by atoms with Gasteiger partial charge in [0.05, 0.1) is 27.0 Å². The number of benzene rings is 1. The van der Waals surface area contributed by atoms with Gasteiger partial charge in [0, 0.05) is 11.5 Å². The minimum atomic E-state index is -0.562. The zero-order chi connectivity index (χ0) is 17.9. The van der Waals surface area contributed by atoms with Crippen LogP contribution in [0.25, 0.3) is 5.78 Å². The van der Waals surface area contributed by atoms with E-state index in [1.807, 2.05) is 0 Å². The fourth-order valence-electron chi connectivity index (χ4n) is 2.72. The van der Waals surface area contributed by atoms with Gasteiger partial charge in [-0.2, -0.15) is 0 Å². The Kier molecular flexibility index (Phi) is 3.77. The second-order valence-electron chi connectivity index (χ2n) is 5.82. The van der Waals surface area contributed by atoms with Gasteiger partial charge in [-0.15, -0.1) is 0 Å². The number of aromatic hydroxyl groups is 1. The summed E-state index contributed by atoms with van der Waals surface area (Å²) in [5.74, 6) is -0.661. The predicted octanol–water partition coefficient (Wildman–Crippen LogP) is 4.37. The Labute approximate surface area is 158 Å². The number of phenols is 1. The number of nitrogens with zero attached hydrogens (tertiary/aromatic N) is 3. The topological polar surface area (TPSA) is 67.5 Å². The number of halogens is 3. The lowest BCUT2D eigenvalue weighted by Gasteiger charge is -2.07. The summed E-state index contributed by atoms with van der Waals surface area (Å²) in [6.07, 6.45) is 3.01. The molecule has 0 amide bonds. The van der Waals surface area contributed by atoms with Crippen molar-refractivity contribution in [1.82, 2.24) is 14.4 Å². The SMILES string of the molecule is C=C1CC1c1nc2ncc(F)cn2c1C(=O)c1cc(Br)c(O)c(Br)c1. The third-order valence-electron chi connectivity index (χ3n) is 4.10. The van der Waals surface area contributed by atoms with Crippen molar-refractivity contribution < 1.29 is 14.3 Å². The van der Waals surface area contributed by atoms with Gasteiger partial charge < -0.3 is 5.11 Å². The van der Waals surface area contributed by atoms with E-state index >= 15 is 0 Å². The third kappa shape index (κ3) is 2.69. The van der Waals surface area contributed by atoms with Crippen LogP contribution in [-0.4, -0.2) is 25.3 Å². The van der Waals surface area contributed by atoms with E-state index in [1.54, 1.807) is 0 Å². The number of fused-ring (bicyclic) bond motifs is 1. The van der Waals surface area contributed by atoms with Gasteiger partial charge in [-0.1, -0.05) is 12.2 Å². The average Bonchev–Trinajstić information content (AvgIpc) is 3.17. The molecule has 0 saturated heterocycles. The molecule has 1 N–H and O–H groups in total. The van der Waals surface area contributed by atoms with Crippen LogP contribution in [-0.2, 0) is 0 Å². The molecule has 1 aromatic carbocycles. The summed E-state index contributed by atoms with van der Waals surface area (Å²) < 4.78 is 15.8. The molecule has 1 unspecified atom stereocenters. The second-order valence-corrected chi connectivity index (χ2v) is 7.53. The maximum atomic E-state index is 13.7. The summed E-state index contributed by atoms with van der Waals surface area (Å²) in [5.41, 5.74) is 2.12. The van der Waals surface area contributed by atoms with Crippen LogP contribution in [0, 0.1) is 5.82 Å². The first-order valence-electron chi connectivity index (χ1n) is 7.30. The number of aromatic nitrogens is 3. The van der Waals surface area contributed by atoms with Crippen molar-refractivity contribution in [2.45, 2.75) is 12.3 Å². The second kappa shape index (κ2) is 5.74. The van der Waals surface area contributed by atoms with Gasteiger partial charge >= 0.3 is 0 Å². The number of allylic oxidation sites excluding steroid dienone is 1. The van der Waals surface area contributed by atoms with Crippen LogP contribution in [0.1, 0.15) is 34.1 Å². The Morgan fingerprint density at radius 3 is 2.60 bits per heavy atom. The van der Waals surface area contributed by atoms with Crippen LogP contribution < -0.4 is 0 Å². The fourth-order valence-corrected chi connectivity index (χ4v) is 3.91. The first-order valence-corrected chi connectivity index (χ1v) is 8.89. The number of ketones is 1. The largest absolute Gasteiger partial charge is 0.506 e. The molecule has 4 rings (SSSR count). The number of hydrogen-bond acceptors (Lipinski definition) is 4. The van der Waals surface area contributed by atoms with Gasteiger partial charge in [-0.25, -0.2) is 14.4 Å². The maximum absolute atomic E-state index is 13.7. The van der Waals surface area contributed by atoms with E-state index in [0.29, 0.717) is 20.2 Å². The van der Waals surface area contributed by atoms with Gasteiger partial charge in [0.2, 0.25) is 11.6 Å². The van der Waals surface area contributed by atoms with Gasteiger partial charge in [0.15, 0.2) is 5.82 Å². The summed E-state index contributed by atoms with van der Waals surface area (Å²) in [6, 6.07) is 3.03. The minimum absolute atomic E-state index is 0.00167. The van der Waals surface area contributed by atoms with E-state index in [4.69, 9.17) is 0 Å². The number of phenolic OH excluding ortho intramolecular Hbond substituents is 1. The molecule has 2 aromatic heterocycles. The van der Waals surface area contributed by atoms with Crippen LogP contribution in [0.3, 0.4) is 0 Å². The molecule has 0 radical (unpaired) electrons. The van der Waals surface area contributed by atoms with Crippen LogP contribution in [0.4, 0.5) is 4.39 Å². The third-order valence-corrected chi connectivity index (χ3v) is 5.31. The monoisotopic (exact) mass is 465 g/mol. The highest BCUT2D eigenvalue weighted by molar-refractivity contribution is 9.11. The standard InChI is InChI=1S/C17H10Br2FN3O2/c1-7-2-10(7)13-14(23-6-9(20)5-21-17(23)22-13)15(24)8-3-11(18)16(25)12(19)4-8/h3-6,10,25H,1-2H2. The zero-order valence-corrected chi connectivity index (χ0v) is 15.8. The zero-order valence-electron chi connectivity index (χ0n) is 12.6. The van der Waals surface area contributed by atoms with E-state index in [9.17, 15) is 14.3 Å². The molecule has 25 heavy (non-hydrogen) atoms. The first kappa shape index (κ1) is 16.4. The lowest BCUT2D eigenvalue weighted by molar-refractivity contribution is 0.103. The number of carbonyl (C=O) groups is 1. The number of rotatable bonds is 3. The quantitative estimate of drug-likeness (QED) is 0.459. The maximum Gasteiger partial charge on any atom is 0.234 e. The summed E-state index contributed by atoms with van der Waals surface area (Å²) >= 11 is 6.44.